The van der Waals surface area contributed by atoms with Crippen molar-refractivity contribution in [2.45, 2.75) is 31.8 Å². The molecule has 0 saturated heterocycles. The predicted octanol–water partition coefficient (Wildman–Crippen LogP) is 2.37. The molecule has 7 heteroatoms. The van der Waals surface area contributed by atoms with Crippen LogP contribution in [0.2, 0.25) is 0 Å². The molecule has 3 N–H and O–H groups in total. The van der Waals surface area contributed by atoms with Crippen LogP contribution in [0.4, 0.5) is 0 Å². The average Bonchev–Trinajstić information content (AvgIpc) is 3.38. The predicted molar refractivity (Wildman–Crippen MR) is 97.2 cm³/mol. The smallest absolute Gasteiger partial charge is 0.272 e. The Morgan fingerprint density at radius 1 is 1.32 bits per heavy atom. The summed E-state index contributed by atoms with van der Waals surface area (Å²) in [5.41, 5.74) is 3.72. The molecule has 1 aromatic carbocycles. The summed E-state index contributed by atoms with van der Waals surface area (Å²) < 4.78 is 5.22. The maximum absolute atomic E-state index is 12.8. The van der Waals surface area contributed by atoms with Crippen LogP contribution in [-0.2, 0) is 13.0 Å². The molecular formula is C18H23ClN4O2. The summed E-state index contributed by atoms with van der Waals surface area (Å²) in [7, 11) is 1.66. The molecule has 0 spiro atoms. The van der Waals surface area contributed by atoms with Crippen molar-refractivity contribution in [2.75, 3.05) is 13.7 Å². The molecule has 0 bridgehead atoms. The van der Waals surface area contributed by atoms with E-state index >= 15 is 0 Å². The Balaban J connectivity index is 0.00000182. The molecule has 1 atom stereocenters. The number of rotatable bonds is 5. The first-order valence-electron chi connectivity index (χ1n) is 8.48. The van der Waals surface area contributed by atoms with Crippen molar-refractivity contribution < 1.29 is 9.53 Å². The molecule has 6 nitrogen and oxygen atoms in total. The lowest BCUT2D eigenvalue weighted by Crippen LogP contribution is -2.32. The quantitative estimate of drug-likeness (QED) is 0.763. The number of ether oxygens (including phenoxy) is 1. The minimum absolute atomic E-state index is 0. The number of aromatic nitrogens is 2. The molecule has 25 heavy (non-hydrogen) atoms. The van der Waals surface area contributed by atoms with E-state index in [4.69, 9.17) is 4.74 Å². The van der Waals surface area contributed by atoms with Crippen LogP contribution < -0.4 is 15.4 Å². The first-order chi connectivity index (χ1) is 11.8. The summed E-state index contributed by atoms with van der Waals surface area (Å²) in [6.07, 6.45) is 3.19. The summed E-state index contributed by atoms with van der Waals surface area (Å²) in [4.78, 5) is 12.8. The van der Waals surface area contributed by atoms with Gasteiger partial charge in [0.1, 0.15) is 5.75 Å². The molecule has 1 aliphatic carbocycles. The van der Waals surface area contributed by atoms with Crippen LogP contribution >= 0.6 is 12.4 Å². The van der Waals surface area contributed by atoms with E-state index in [1.165, 1.54) is 0 Å². The van der Waals surface area contributed by atoms with Gasteiger partial charge in [-0.1, -0.05) is 12.1 Å². The molecule has 1 aliphatic heterocycles. The van der Waals surface area contributed by atoms with Gasteiger partial charge in [0.25, 0.3) is 5.91 Å². The molecule has 0 radical (unpaired) electrons. The normalized spacial score (nSPS) is 17.2. The Hall–Kier alpha value is -2.05. The Bertz CT molecular complexity index is 740. The highest BCUT2D eigenvalue weighted by molar-refractivity contribution is 5.94. The van der Waals surface area contributed by atoms with Gasteiger partial charge in [-0.15, -0.1) is 12.4 Å². The van der Waals surface area contributed by atoms with E-state index in [0.717, 1.165) is 48.4 Å². The average molecular weight is 363 g/mol. The number of aromatic amines is 1. The van der Waals surface area contributed by atoms with Gasteiger partial charge in [0, 0.05) is 30.8 Å². The van der Waals surface area contributed by atoms with Crippen LogP contribution in [0.15, 0.2) is 24.3 Å². The number of carbonyl (C=O) groups excluding carboxylic acids is 1. The standard InChI is InChI=1S/C18H22N4O2.ClH/c1-24-13-6-4-12(5-7-13)16(11-2-3-11)20-18(23)17-14-10-19-9-8-15(14)21-22-17;/h4-7,11,16,19H,2-3,8-10H2,1H3,(H,20,23)(H,21,22);1H. The number of carbonyl (C=O) groups is 1. The number of benzene rings is 1. The third kappa shape index (κ3) is 3.65. The van der Waals surface area contributed by atoms with E-state index in [1.54, 1.807) is 7.11 Å². The highest BCUT2D eigenvalue weighted by atomic mass is 35.5. The van der Waals surface area contributed by atoms with Crippen molar-refractivity contribution in [3.8, 4) is 5.75 Å². The minimum Gasteiger partial charge on any atom is -0.497 e. The van der Waals surface area contributed by atoms with Crippen molar-refractivity contribution in [1.29, 1.82) is 0 Å². The van der Waals surface area contributed by atoms with Crippen LogP contribution in [0.3, 0.4) is 0 Å². The second-order valence-electron chi connectivity index (χ2n) is 6.52. The monoisotopic (exact) mass is 362 g/mol. The number of fused-ring (bicyclic) bond motifs is 1. The first kappa shape index (κ1) is 17.8. The number of nitrogens with one attached hydrogen (secondary N) is 3. The fourth-order valence-corrected chi connectivity index (χ4v) is 3.34. The second-order valence-corrected chi connectivity index (χ2v) is 6.52. The zero-order chi connectivity index (χ0) is 16.5. The minimum atomic E-state index is -0.0936. The topological polar surface area (TPSA) is 79.0 Å². The van der Waals surface area contributed by atoms with Crippen molar-refractivity contribution in [3.63, 3.8) is 0 Å². The molecule has 2 heterocycles. The van der Waals surface area contributed by atoms with Crippen LogP contribution in [0.5, 0.6) is 5.75 Å². The van der Waals surface area contributed by atoms with E-state index in [1.807, 2.05) is 24.3 Å². The molecule has 1 aromatic heterocycles. The van der Waals surface area contributed by atoms with Crippen molar-refractivity contribution >= 4 is 18.3 Å². The summed E-state index contributed by atoms with van der Waals surface area (Å²) in [5, 5.41) is 13.8. The van der Waals surface area contributed by atoms with Gasteiger partial charge in [0.2, 0.25) is 0 Å². The number of methoxy groups -OCH3 is 1. The highest BCUT2D eigenvalue weighted by Gasteiger charge is 2.34. The molecular weight excluding hydrogens is 340 g/mol. The highest BCUT2D eigenvalue weighted by Crippen LogP contribution is 2.41. The van der Waals surface area contributed by atoms with Crippen LogP contribution in [0.25, 0.3) is 0 Å². The lowest BCUT2D eigenvalue weighted by molar-refractivity contribution is 0.0925. The van der Waals surface area contributed by atoms with Gasteiger partial charge in [0.15, 0.2) is 5.69 Å². The lowest BCUT2D eigenvalue weighted by Gasteiger charge is -2.19. The van der Waals surface area contributed by atoms with Crippen molar-refractivity contribution in [1.82, 2.24) is 20.8 Å². The molecule has 134 valence electrons. The van der Waals surface area contributed by atoms with Crippen molar-refractivity contribution in [2.24, 2.45) is 5.92 Å². The molecule has 1 fully saturated rings. The number of H-pyrrole nitrogens is 1. The van der Waals surface area contributed by atoms with E-state index in [9.17, 15) is 4.79 Å². The molecule has 4 rings (SSSR count). The third-order valence-electron chi connectivity index (χ3n) is 4.88. The van der Waals surface area contributed by atoms with Gasteiger partial charge in [-0.2, -0.15) is 5.10 Å². The third-order valence-corrected chi connectivity index (χ3v) is 4.88. The van der Waals surface area contributed by atoms with Gasteiger partial charge >= 0.3 is 0 Å². The Morgan fingerprint density at radius 3 is 2.76 bits per heavy atom. The number of hydrogen-bond donors (Lipinski definition) is 3. The number of amides is 1. The SMILES string of the molecule is COc1ccc(C(NC(=O)c2n[nH]c3c2CNCC3)C2CC2)cc1.Cl. The fraction of sp³-hybridized carbons (Fsp3) is 0.444. The second kappa shape index (κ2) is 7.45. The summed E-state index contributed by atoms with van der Waals surface area (Å²) >= 11 is 0. The zero-order valence-electron chi connectivity index (χ0n) is 14.2. The van der Waals surface area contributed by atoms with E-state index in [2.05, 4.69) is 20.8 Å². The Morgan fingerprint density at radius 2 is 2.08 bits per heavy atom. The molecule has 2 aromatic rings. The van der Waals surface area contributed by atoms with E-state index in [0.29, 0.717) is 18.2 Å². The number of halogens is 1. The summed E-state index contributed by atoms with van der Waals surface area (Å²) in [5.74, 6) is 1.24. The maximum atomic E-state index is 12.8. The Labute approximate surface area is 153 Å². The van der Waals surface area contributed by atoms with Gasteiger partial charge in [-0.3, -0.25) is 9.89 Å². The van der Waals surface area contributed by atoms with Crippen LogP contribution in [0.1, 0.15) is 46.2 Å². The maximum Gasteiger partial charge on any atom is 0.272 e. The molecule has 1 amide bonds. The van der Waals surface area contributed by atoms with Gasteiger partial charge in [-0.05, 0) is 36.5 Å². The fourth-order valence-electron chi connectivity index (χ4n) is 3.34. The molecule has 1 unspecified atom stereocenters. The molecule has 2 aliphatic rings. The zero-order valence-corrected chi connectivity index (χ0v) is 15.0. The first-order valence-corrected chi connectivity index (χ1v) is 8.48. The Kier molecular flexibility index (Phi) is 5.30. The van der Waals surface area contributed by atoms with Crippen LogP contribution in [-0.4, -0.2) is 29.8 Å². The number of hydrogen-bond acceptors (Lipinski definition) is 4. The van der Waals surface area contributed by atoms with Gasteiger partial charge in [-0.25, -0.2) is 0 Å². The molecule has 1 saturated carbocycles. The van der Waals surface area contributed by atoms with E-state index < -0.39 is 0 Å². The van der Waals surface area contributed by atoms with Crippen LogP contribution in [0, 0.1) is 5.92 Å². The van der Waals surface area contributed by atoms with E-state index in [-0.39, 0.29) is 24.4 Å². The van der Waals surface area contributed by atoms with Gasteiger partial charge in [0.05, 0.1) is 13.2 Å². The lowest BCUT2D eigenvalue weighted by atomic mass is 10.0. The number of nitrogens with zero attached hydrogens (tertiary/aromatic N) is 1. The van der Waals surface area contributed by atoms with Crippen molar-refractivity contribution in [3.05, 3.63) is 46.8 Å². The largest absolute Gasteiger partial charge is 0.497 e. The van der Waals surface area contributed by atoms with Gasteiger partial charge < -0.3 is 15.4 Å². The summed E-state index contributed by atoms with van der Waals surface area (Å²) in [6.45, 7) is 1.62. The summed E-state index contributed by atoms with van der Waals surface area (Å²) in [6, 6.07) is 7.98.